The Morgan fingerprint density at radius 1 is 0.362 bits per heavy atom. The lowest BCUT2D eigenvalue weighted by Gasteiger charge is -2.35. The lowest BCUT2D eigenvalue weighted by Crippen LogP contribution is -2.51. The standard InChI is InChI=1S/C27H27N3O4S.C25H21ClFN3O3S2.C22H24ClN3O3S2.C20H20ClN3O3S2/c1-19-4-7-23(8-5-19)27(31)29-10-12-30(13-11-29)35(32,33)26-17-22(18-28)6-9-25(26)34-24-15-20(2)14-21(3)16-24;1-17-11-20(26)15-22(12-17)34-23-6-5-18(16-28)13-24(23)35(32,33)30-9-7-29(8-10-30)25(31)19-3-2-4-21(27)14-19;1-15(2)22(27)25-6-8-26(9-7-25)31(28,29)21-12-17(14-24)4-5-20(21)30-19-11-16(3)10-18(23)13-19;1-14-9-17(21)12-18(10-14)28-19-4-3-16(13-22)11-20(19)29(26,27)24-7-5-23(6-8-24)15(2)25/h4-9,14-17H,10-13H2,1-3H3;2-6,11-15H,7-10H2,1H3;4-5,10-13,15H,6-9H2,1-3H3;3-4,9-12H,5-8H2,1-2H3. The van der Waals surface area contributed by atoms with Crippen LogP contribution in [-0.2, 0) is 49.7 Å². The van der Waals surface area contributed by atoms with Crippen LogP contribution in [0.5, 0.6) is 11.5 Å². The zero-order valence-electron chi connectivity index (χ0n) is 72.4. The van der Waals surface area contributed by atoms with Crippen molar-refractivity contribution in [3.63, 3.8) is 0 Å². The average molecular weight is 1950 g/mol. The molecule has 4 fully saturated rings. The maximum atomic E-state index is 13.6. The van der Waals surface area contributed by atoms with Gasteiger partial charge in [0.15, 0.2) is 0 Å². The number of benzene rings is 10. The third-order valence-electron chi connectivity index (χ3n) is 21.1. The van der Waals surface area contributed by atoms with Gasteiger partial charge in [-0.25, -0.2) is 38.1 Å². The number of aryl methyl sites for hydroxylation is 6. The van der Waals surface area contributed by atoms with Gasteiger partial charge in [-0.05, 0) is 239 Å². The molecule has 4 amide bonds. The summed E-state index contributed by atoms with van der Waals surface area (Å²) in [5, 5.41) is 39.0. The van der Waals surface area contributed by atoms with E-state index in [4.69, 9.17) is 39.5 Å². The number of halogens is 4. The molecule has 676 valence electrons. The van der Waals surface area contributed by atoms with Gasteiger partial charge in [0.05, 0.1) is 61.2 Å². The molecule has 0 unspecified atom stereocenters. The SMILES string of the molecule is CC(=O)N1CCN(S(=O)(=O)c2cc(C#N)ccc2Sc2cc(C)cc(Cl)c2)CC1.Cc1cc(Cl)cc(Sc2ccc(C#N)cc2S(=O)(=O)N2CCN(C(=O)C(C)C)CC2)c1.Cc1cc(Cl)cc(Sc2ccc(C#N)cc2S(=O)(=O)N2CCN(C(=O)c3cccc(F)c3)CC2)c1.Cc1ccc(C(=O)N2CCN(S(=O)(=O)c3cc(C#N)ccc3Oc3cc(C)cc(C)c3)CC2)cc1. The Morgan fingerprint density at radius 2 is 0.685 bits per heavy atom. The minimum absolute atomic E-state index is 0.0242. The van der Waals surface area contributed by atoms with E-state index < -0.39 is 45.9 Å². The number of nitriles is 4. The third kappa shape index (κ3) is 25.5. The van der Waals surface area contributed by atoms with E-state index >= 15 is 0 Å². The Labute approximate surface area is 786 Å². The van der Waals surface area contributed by atoms with Crippen LogP contribution in [0.4, 0.5) is 4.39 Å². The highest BCUT2D eigenvalue weighted by Gasteiger charge is 2.38. The van der Waals surface area contributed by atoms with Crippen molar-refractivity contribution in [2.75, 3.05) is 105 Å². The summed E-state index contributed by atoms with van der Waals surface area (Å²) in [7, 11) is -15.6. The molecule has 0 aromatic heterocycles. The summed E-state index contributed by atoms with van der Waals surface area (Å²) in [6.45, 7) is 20.4. The lowest BCUT2D eigenvalue weighted by molar-refractivity contribution is -0.135. The smallest absolute Gasteiger partial charge is 0.254 e. The molecule has 25 nitrogen and oxygen atoms in total. The second kappa shape index (κ2) is 44.0. The molecule has 4 heterocycles. The topological polar surface area (TPSA) is 335 Å². The number of amides is 4. The largest absolute Gasteiger partial charge is 0.456 e. The van der Waals surface area contributed by atoms with Crippen molar-refractivity contribution in [1.82, 2.24) is 36.8 Å². The minimum atomic E-state index is -3.97. The van der Waals surface area contributed by atoms with Crippen molar-refractivity contribution in [3.05, 3.63) is 282 Å². The first-order valence-electron chi connectivity index (χ1n) is 40.9. The number of carbonyl (C=O) groups excluding carboxylic acids is 4. The predicted octanol–water partition coefficient (Wildman–Crippen LogP) is 17.1. The van der Waals surface area contributed by atoms with Crippen molar-refractivity contribution in [2.24, 2.45) is 5.92 Å². The molecule has 0 radical (unpaired) electrons. The quantitative estimate of drug-likeness (QED) is 0.0725. The van der Waals surface area contributed by atoms with E-state index in [1.54, 1.807) is 81.4 Å². The maximum Gasteiger partial charge on any atom is 0.254 e. The van der Waals surface area contributed by atoms with Crippen LogP contribution < -0.4 is 4.74 Å². The Kier molecular flexibility index (Phi) is 33.8. The molecule has 0 aliphatic carbocycles. The Morgan fingerprint density at radius 3 is 1.02 bits per heavy atom. The highest BCUT2D eigenvalue weighted by atomic mass is 35.5. The van der Waals surface area contributed by atoms with Gasteiger partial charge in [0.2, 0.25) is 51.9 Å². The number of sulfonamides is 4. The van der Waals surface area contributed by atoms with Crippen molar-refractivity contribution in [2.45, 2.75) is 111 Å². The average Bonchev–Trinajstić information content (AvgIpc) is 0.787. The number of carbonyl (C=O) groups is 4. The number of nitrogens with zero attached hydrogens (tertiary/aromatic N) is 12. The van der Waals surface area contributed by atoms with Gasteiger partial charge in [-0.2, -0.15) is 38.3 Å². The fourth-order valence-electron chi connectivity index (χ4n) is 14.5. The normalized spacial score (nSPS) is 14.8. The molecule has 0 N–H and O–H groups in total. The molecule has 4 aliphatic rings. The molecule has 0 spiro atoms. The van der Waals surface area contributed by atoms with Gasteiger partial charge in [-0.15, -0.1) is 0 Å². The van der Waals surface area contributed by atoms with Crippen molar-refractivity contribution in [3.8, 4) is 35.8 Å². The van der Waals surface area contributed by atoms with Gasteiger partial charge in [0.25, 0.3) is 11.8 Å². The van der Waals surface area contributed by atoms with Gasteiger partial charge < -0.3 is 24.3 Å². The second-order valence-corrected chi connectivity index (χ2v) is 43.6. The van der Waals surface area contributed by atoms with E-state index in [1.807, 2.05) is 146 Å². The summed E-state index contributed by atoms with van der Waals surface area (Å²) in [6, 6.07) is 61.3. The number of piperazine rings is 4. The van der Waals surface area contributed by atoms with E-state index in [-0.39, 0.29) is 161 Å². The number of ether oxygens (including phenoxy) is 1. The van der Waals surface area contributed by atoms with E-state index in [9.17, 15) is 78.3 Å². The van der Waals surface area contributed by atoms with Crippen LogP contribution in [-0.4, -0.2) is 199 Å². The highest BCUT2D eigenvalue weighted by molar-refractivity contribution is 8.01. The number of hydrogen-bond donors (Lipinski definition) is 0. The van der Waals surface area contributed by atoms with Gasteiger partial charge in [-0.3, -0.25) is 19.2 Å². The zero-order chi connectivity index (χ0) is 94.3. The van der Waals surface area contributed by atoms with Crippen LogP contribution in [0.15, 0.2) is 243 Å². The van der Waals surface area contributed by atoms with Gasteiger partial charge >= 0.3 is 0 Å². The summed E-state index contributed by atoms with van der Waals surface area (Å²) in [5.41, 5.74) is 7.75. The van der Waals surface area contributed by atoms with Gasteiger partial charge in [0.1, 0.15) is 22.2 Å². The molecule has 4 aliphatic heterocycles. The number of rotatable bonds is 19. The second-order valence-electron chi connectivity index (χ2n) is 31.3. The molecule has 14 rings (SSSR count). The maximum absolute atomic E-state index is 13.6. The molecule has 4 saturated heterocycles. The molecule has 10 aromatic rings. The van der Waals surface area contributed by atoms with E-state index in [1.165, 1.54) is 125 Å². The van der Waals surface area contributed by atoms with Crippen LogP contribution in [0, 0.1) is 98.6 Å². The molecule has 36 heteroatoms. The van der Waals surface area contributed by atoms with Crippen LogP contribution in [0.3, 0.4) is 0 Å². The molecule has 130 heavy (non-hydrogen) atoms. The van der Waals surface area contributed by atoms with Crippen molar-refractivity contribution < 1.29 is 62.0 Å². The monoisotopic (exact) mass is 1940 g/mol. The Bertz CT molecular complexity index is 6560. The summed E-state index contributed by atoms with van der Waals surface area (Å²) < 4.78 is 133. The van der Waals surface area contributed by atoms with E-state index in [0.29, 0.717) is 67.2 Å². The fraction of sp³-hybridized carbons (Fsp3) is 0.277. The van der Waals surface area contributed by atoms with Crippen molar-refractivity contribution >= 4 is 134 Å². The van der Waals surface area contributed by atoms with Crippen LogP contribution >= 0.6 is 70.1 Å². The molecule has 10 aromatic carbocycles. The summed E-state index contributed by atoms with van der Waals surface area (Å²) in [5.74, 6) is -0.455. The summed E-state index contributed by atoms with van der Waals surface area (Å²) >= 11 is 22.3. The Hall–Kier alpha value is -10.7. The highest BCUT2D eigenvalue weighted by Crippen LogP contribution is 2.42. The molecular weight excluding hydrogens is 1850 g/mol. The van der Waals surface area contributed by atoms with Gasteiger partial charge in [0, 0.05) is 173 Å². The fourth-order valence-corrected chi connectivity index (χ4v) is 25.9. The first-order valence-corrected chi connectivity index (χ1v) is 50.2. The van der Waals surface area contributed by atoms with Crippen LogP contribution in [0.2, 0.25) is 15.1 Å². The lowest BCUT2D eigenvalue weighted by atomic mass is 10.1. The minimum Gasteiger partial charge on any atom is -0.456 e. The first kappa shape index (κ1) is 99.9. The van der Waals surface area contributed by atoms with E-state index in [2.05, 4.69) is 0 Å². The zero-order valence-corrected chi connectivity index (χ0v) is 80.4. The number of hydrogen-bond acceptors (Lipinski definition) is 20. The van der Waals surface area contributed by atoms with Crippen LogP contribution in [0.25, 0.3) is 0 Å². The summed E-state index contributed by atoms with van der Waals surface area (Å²) in [4.78, 5) is 59.9. The third-order valence-corrected chi connectivity index (χ3v) is 33.0. The summed E-state index contributed by atoms with van der Waals surface area (Å²) in [6.07, 6.45) is 0. The first-order chi connectivity index (χ1) is 61.6. The molecule has 0 bridgehead atoms. The van der Waals surface area contributed by atoms with Gasteiger partial charge in [-0.1, -0.05) is 114 Å². The molecule has 0 atom stereocenters. The predicted molar refractivity (Wildman–Crippen MR) is 500 cm³/mol. The molecular formula is C94H92Cl3FN12O13S7. The van der Waals surface area contributed by atoms with E-state index in [0.717, 1.165) is 48.1 Å². The van der Waals surface area contributed by atoms with Crippen molar-refractivity contribution in [1.29, 1.82) is 21.0 Å². The molecule has 0 saturated carbocycles. The van der Waals surface area contributed by atoms with Crippen LogP contribution in [0.1, 0.15) is 97.1 Å². The Balaban J connectivity index is 0.000000168.